The lowest BCUT2D eigenvalue weighted by Gasteiger charge is -2.33. The number of hydrogen-bond donors (Lipinski definition) is 2. The normalized spacial score (nSPS) is 16.8. The fourth-order valence-electron chi connectivity index (χ4n) is 3.27. The van der Waals surface area contributed by atoms with Crippen molar-refractivity contribution in [2.75, 3.05) is 31.1 Å². The summed E-state index contributed by atoms with van der Waals surface area (Å²) < 4.78 is 0. The zero-order chi connectivity index (χ0) is 15.1. The van der Waals surface area contributed by atoms with Gasteiger partial charge in [-0.3, -0.25) is 0 Å². The van der Waals surface area contributed by atoms with Crippen LogP contribution in [0.2, 0.25) is 0 Å². The van der Waals surface area contributed by atoms with Crippen LogP contribution in [0.15, 0.2) is 24.3 Å². The molecule has 0 saturated heterocycles. The smallest absolute Gasteiger partial charge is 0.0613 e. The standard InChI is InChI=1S/C18H30N2O/c1-3-12-19-18(4-2,15-21)11-7-13-20-14-10-16-8-5-6-9-17(16)20/h5-6,8-9,19,21H,3-4,7,10-15H2,1-2H3. The number of nitrogens with one attached hydrogen (secondary N) is 1. The molecule has 1 atom stereocenters. The molecule has 0 bridgehead atoms. The van der Waals surface area contributed by atoms with Gasteiger partial charge in [-0.25, -0.2) is 0 Å². The number of aliphatic hydroxyl groups is 1. The number of anilines is 1. The first-order valence-corrected chi connectivity index (χ1v) is 8.43. The zero-order valence-electron chi connectivity index (χ0n) is 13.6. The van der Waals surface area contributed by atoms with Gasteiger partial charge in [0.15, 0.2) is 0 Å². The van der Waals surface area contributed by atoms with Gasteiger partial charge in [-0.1, -0.05) is 32.0 Å². The Kier molecular flexibility index (Phi) is 6.07. The van der Waals surface area contributed by atoms with Gasteiger partial charge in [-0.2, -0.15) is 0 Å². The minimum atomic E-state index is -0.0880. The Hall–Kier alpha value is -1.06. The molecule has 3 nitrogen and oxygen atoms in total. The number of rotatable bonds is 9. The van der Waals surface area contributed by atoms with Crippen molar-refractivity contribution in [1.29, 1.82) is 0 Å². The summed E-state index contributed by atoms with van der Waals surface area (Å²) in [4.78, 5) is 2.49. The van der Waals surface area contributed by atoms with Crippen molar-refractivity contribution in [1.82, 2.24) is 5.32 Å². The predicted molar refractivity (Wildman–Crippen MR) is 90.0 cm³/mol. The van der Waals surface area contributed by atoms with Crippen molar-refractivity contribution in [2.45, 2.75) is 51.5 Å². The maximum atomic E-state index is 9.78. The van der Waals surface area contributed by atoms with Crippen molar-refractivity contribution in [2.24, 2.45) is 0 Å². The van der Waals surface area contributed by atoms with Crippen LogP contribution in [0.4, 0.5) is 5.69 Å². The van der Waals surface area contributed by atoms with Crippen LogP contribution >= 0.6 is 0 Å². The first kappa shape index (κ1) is 16.3. The molecular formula is C18H30N2O. The second-order valence-electron chi connectivity index (χ2n) is 6.19. The molecule has 1 aliphatic rings. The third kappa shape index (κ3) is 3.98. The average molecular weight is 290 g/mol. The molecule has 0 saturated carbocycles. The third-order valence-electron chi connectivity index (χ3n) is 4.80. The fraction of sp³-hybridized carbons (Fsp3) is 0.667. The van der Waals surface area contributed by atoms with E-state index in [4.69, 9.17) is 0 Å². The van der Waals surface area contributed by atoms with E-state index in [9.17, 15) is 5.11 Å². The van der Waals surface area contributed by atoms with Crippen LogP contribution in [0.25, 0.3) is 0 Å². The van der Waals surface area contributed by atoms with Crippen LogP contribution in [0.1, 0.15) is 45.1 Å². The minimum absolute atomic E-state index is 0.0880. The molecule has 118 valence electrons. The van der Waals surface area contributed by atoms with Gasteiger partial charge in [0.05, 0.1) is 6.61 Å². The lowest BCUT2D eigenvalue weighted by Crippen LogP contribution is -2.48. The highest BCUT2D eigenvalue weighted by Crippen LogP contribution is 2.28. The molecule has 1 aliphatic heterocycles. The topological polar surface area (TPSA) is 35.5 Å². The molecule has 0 spiro atoms. The fourth-order valence-corrected chi connectivity index (χ4v) is 3.27. The van der Waals surface area contributed by atoms with Crippen molar-refractivity contribution in [3.05, 3.63) is 29.8 Å². The van der Waals surface area contributed by atoms with Crippen molar-refractivity contribution in [3.8, 4) is 0 Å². The van der Waals surface area contributed by atoms with E-state index in [1.165, 1.54) is 17.7 Å². The van der Waals surface area contributed by atoms with E-state index in [1.54, 1.807) is 0 Å². The number of hydrogen-bond acceptors (Lipinski definition) is 3. The van der Waals surface area contributed by atoms with E-state index in [0.29, 0.717) is 0 Å². The summed E-state index contributed by atoms with van der Waals surface area (Å²) in [7, 11) is 0. The summed E-state index contributed by atoms with van der Waals surface area (Å²) >= 11 is 0. The maximum absolute atomic E-state index is 9.78. The van der Waals surface area contributed by atoms with E-state index in [-0.39, 0.29) is 12.1 Å². The molecular weight excluding hydrogens is 260 g/mol. The first-order valence-electron chi connectivity index (χ1n) is 8.43. The number of para-hydroxylation sites is 1. The number of aliphatic hydroxyl groups excluding tert-OH is 1. The van der Waals surface area contributed by atoms with Gasteiger partial charge >= 0.3 is 0 Å². The Labute approximate surface area is 129 Å². The molecule has 1 aromatic carbocycles. The Morgan fingerprint density at radius 2 is 2.10 bits per heavy atom. The number of nitrogens with zero attached hydrogens (tertiary/aromatic N) is 1. The lowest BCUT2D eigenvalue weighted by molar-refractivity contribution is 0.145. The van der Waals surface area contributed by atoms with Crippen LogP contribution in [0.3, 0.4) is 0 Å². The Morgan fingerprint density at radius 3 is 2.81 bits per heavy atom. The van der Waals surface area contributed by atoms with Gasteiger partial charge in [-0.15, -0.1) is 0 Å². The lowest BCUT2D eigenvalue weighted by atomic mass is 9.91. The summed E-state index contributed by atoms with van der Waals surface area (Å²) in [5.41, 5.74) is 2.80. The molecule has 2 rings (SSSR count). The predicted octanol–water partition coefficient (Wildman–Crippen LogP) is 2.97. The summed E-state index contributed by atoms with van der Waals surface area (Å²) in [5.74, 6) is 0. The van der Waals surface area contributed by atoms with Gasteiger partial charge in [-0.05, 0) is 50.3 Å². The quantitative estimate of drug-likeness (QED) is 0.734. The van der Waals surface area contributed by atoms with Crippen molar-refractivity contribution >= 4 is 5.69 Å². The Morgan fingerprint density at radius 1 is 1.29 bits per heavy atom. The summed E-state index contributed by atoms with van der Waals surface area (Å²) in [6, 6.07) is 8.73. The number of benzene rings is 1. The van der Waals surface area contributed by atoms with E-state index in [2.05, 4.69) is 48.3 Å². The van der Waals surface area contributed by atoms with Gasteiger partial charge in [0.1, 0.15) is 0 Å². The molecule has 0 radical (unpaired) electrons. The molecule has 0 aliphatic carbocycles. The Bertz CT molecular complexity index is 429. The van der Waals surface area contributed by atoms with Crippen LogP contribution < -0.4 is 10.2 Å². The van der Waals surface area contributed by atoms with Crippen LogP contribution in [0, 0.1) is 0 Å². The van der Waals surface area contributed by atoms with Gasteiger partial charge in [0.2, 0.25) is 0 Å². The molecule has 0 aromatic heterocycles. The van der Waals surface area contributed by atoms with Crippen LogP contribution in [-0.2, 0) is 6.42 Å². The highest BCUT2D eigenvalue weighted by molar-refractivity contribution is 5.57. The van der Waals surface area contributed by atoms with Crippen LogP contribution in [0.5, 0.6) is 0 Å². The first-order chi connectivity index (χ1) is 10.2. The molecule has 21 heavy (non-hydrogen) atoms. The minimum Gasteiger partial charge on any atom is -0.394 e. The van der Waals surface area contributed by atoms with Gasteiger partial charge in [0.25, 0.3) is 0 Å². The molecule has 1 unspecified atom stereocenters. The molecule has 3 heteroatoms. The molecule has 2 N–H and O–H groups in total. The third-order valence-corrected chi connectivity index (χ3v) is 4.80. The monoisotopic (exact) mass is 290 g/mol. The summed E-state index contributed by atoms with van der Waals surface area (Å²) in [6.45, 7) is 7.80. The van der Waals surface area contributed by atoms with E-state index in [0.717, 1.165) is 45.3 Å². The zero-order valence-corrected chi connectivity index (χ0v) is 13.6. The molecule has 1 aromatic rings. The van der Waals surface area contributed by atoms with Gasteiger partial charge in [0, 0.05) is 24.3 Å². The van der Waals surface area contributed by atoms with Crippen molar-refractivity contribution < 1.29 is 5.11 Å². The highest BCUT2D eigenvalue weighted by Gasteiger charge is 2.26. The second-order valence-corrected chi connectivity index (χ2v) is 6.19. The highest BCUT2D eigenvalue weighted by atomic mass is 16.3. The molecule has 0 amide bonds. The van der Waals surface area contributed by atoms with Gasteiger partial charge < -0.3 is 15.3 Å². The van der Waals surface area contributed by atoms with Crippen LogP contribution in [-0.4, -0.2) is 36.9 Å². The Balaban J connectivity index is 1.86. The van der Waals surface area contributed by atoms with E-state index >= 15 is 0 Å². The summed E-state index contributed by atoms with van der Waals surface area (Å²) in [6.07, 6.45) is 5.43. The maximum Gasteiger partial charge on any atom is 0.0613 e. The van der Waals surface area contributed by atoms with E-state index < -0.39 is 0 Å². The van der Waals surface area contributed by atoms with Crippen molar-refractivity contribution in [3.63, 3.8) is 0 Å². The SMILES string of the molecule is CCCNC(CC)(CO)CCCN1CCc2ccccc21. The number of fused-ring (bicyclic) bond motifs is 1. The molecule has 0 fully saturated rings. The van der Waals surface area contributed by atoms with E-state index in [1.807, 2.05) is 0 Å². The molecule has 1 heterocycles. The summed E-state index contributed by atoms with van der Waals surface area (Å²) in [5, 5.41) is 13.3. The average Bonchev–Trinajstić information content (AvgIpc) is 2.94. The largest absolute Gasteiger partial charge is 0.394 e. The second kappa shape index (κ2) is 7.81.